The minimum absolute atomic E-state index is 0.443. The summed E-state index contributed by atoms with van der Waals surface area (Å²) in [6, 6.07) is 4.58. The molecule has 19 heavy (non-hydrogen) atoms. The van der Waals surface area contributed by atoms with Crippen molar-refractivity contribution in [3.05, 3.63) is 23.9 Å². The Balaban J connectivity index is 1.70. The maximum atomic E-state index is 5.69. The van der Waals surface area contributed by atoms with Crippen molar-refractivity contribution < 1.29 is 0 Å². The van der Waals surface area contributed by atoms with E-state index in [1.165, 1.54) is 32.4 Å². The fourth-order valence-electron chi connectivity index (χ4n) is 3.10. The lowest BCUT2D eigenvalue weighted by Crippen LogP contribution is -2.35. The van der Waals surface area contributed by atoms with Crippen LogP contribution in [-0.4, -0.2) is 47.1 Å². The van der Waals surface area contributed by atoms with Crippen LogP contribution < -0.4 is 10.6 Å². The Morgan fingerprint density at radius 1 is 1.32 bits per heavy atom. The topological polar surface area (TPSA) is 45.4 Å². The molecule has 4 nitrogen and oxygen atoms in total. The summed E-state index contributed by atoms with van der Waals surface area (Å²) >= 11 is 5.03. The van der Waals surface area contributed by atoms with Gasteiger partial charge in [-0.1, -0.05) is 12.2 Å². The van der Waals surface area contributed by atoms with Crippen LogP contribution in [0.1, 0.15) is 24.8 Å². The van der Waals surface area contributed by atoms with Crippen LogP contribution in [0.2, 0.25) is 0 Å². The second-order valence-electron chi connectivity index (χ2n) is 5.40. The van der Waals surface area contributed by atoms with Gasteiger partial charge >= 0.3 is 0 Å². The van der Waals surface area contributed by atoms with Gasteiger partial charge in [-0.15, -0.1) is 0 Å². The molecule has 2 saturated heterocycles. The van der Waals surface area contributed by atoms with Gasteiger partial charge in [0.1, 0.15) is 10.8 Å². The number of nitrogens with two attached hydrogens (primary N) is 1. The van der Waals surface area contributed by atoms with Crippen LogP contribution in [0.5, 0.6) is 0 Å². The highest BCUT2D eigenvalue weighted by molar-refractivity contribution is 7.80. The van der Waals surface area contributed by atoms with Gasteiger partial charge in [-0.05, 0) is 44.5 Å². The van der Waals surface area contributed by atoms with Crippen LogP contribution in [0.3, 0.4) is 0 Å². The summed E-state index contributed by atoms with van der Waals surface area (Å²) < 4.78 is 0. The normalized spacial score (nSPS) is 24.0. The van der Waals surface area contributed by atoms with E-state index in [-0.39, 0.29) is 0 Å². The van der Waals surface area contributed by atoms with Gasteiger partial charge < -0.3 is 10.6 Å². The van der Waals surface area contributed by atoms with E-state index in [1.54, 1.807) is 6.20 Å². The van der Waals surface area contributed by atoms with Crippen molar-refractivity contribution >= 4 is 23.0 Å². The summed E-state index contributed by atoms with van der Waals surface area (Å²) in [5.74, 6) is 1.01. The molecular formula is C14H20N4S. The smallest absolute Gasteiger partial charge is 0.129 e. The summed E-state index contributed by atoms with van der Waals surface area (Å²) in [6.07, 6.45) is 5.74. The van der Waals surface area contributed by atoms with E-state index in [0.717, 1.165) is 24.5 Å². The number of anilines is 1. The fourth-order valence-corrected chi connectivity index (χ4v) is 3.23. The Bertz CT molecular complexity index is 470. The number of likely N-dealkylation sites (tertiary alicyclic amines) is 1. The minimum Gasteiger partial charge on any atom is -0.389 e. The second kappa shape index (κ2) is 5.43. The first-order valence-electron chi connectivity index (χ1n) is 6.99. The minimum atomic E-state index is 0.443. The molecule has 0 amide bonds. The molecule has 0 aromatic carbocycles. The molecule has 102 valence electrons. The van der Waals surface area contributed by atoms with Crippen molar-refractivity contribution in [2.45, 2.75) is 25.3 Å². The zero-order valence-electron chi connectivity index (χ0n) is 11.1. The standard InChI is InChI=1S/C14H20N4S/c15-14(19)11-3-5-16-13(9-11)18-8-4-12(10-18)17-6-1-2-7-17/h3,5,9,12H,1-2,4,6-8,10H2,(H2,15,19). The molecule has 0 spiro atoms. The van der Waals surface area contributed by atoms with E-state index < -0.39 is 0 Å². The highest BCUT2D eigenvalue weighted by atomic mass is 32.1. The highest BCUT2D eigenvalue weighted by Crippen LogP contribution is 2.24. The molecule has 2 fully saturated rings. The predicted octanol–water partition coefficient (Wildman–Crippen LogP) is 1.39. The molecule has 2 aliphatic rings. The Morgan fingerprint density at radius 3 is 2.84 bits per heavy atom. The lowest BCUT2D eigenvalue weighted by Gasteiger charge is -2.24. The fraction of sp³-hybridized carbons (Fsp3) is 0.571. The van der Waals surface area contributed by atoms with Gasteiger partial charge in [-0.25, -0.2) is 4.98 Å². The Hall–Kier alpha value is -1.20. The van der Waals surface area contributed by atoms with Gasteiger partial charge in [-0.2, -0.15) is 0 Å². The predicted molar refractivity (Wildman–Crippen MR) is 81.5 cm³/mol. The van der Waals surface area contributed by atoms with Gasteiger partial charge in [0.25, 0.3) is 0 Å². The third-order valence-corrected chi connectivity index (χ3v) is 4.41. The summed E-state index contributed by atoms with van der Waals surface area (Å²) in [6.45, 7) is 4.68. The number of aromatic nitrogens is 1. The molecule has 2 N–H and O–H groups in total. The Kier molecular flexibility index (Phi) is 3.66. The maximum absolute atomic E-state index is 5.69. The highest BCUT2D eigenvalue weighted by Gasteiger charge is 2.29. The van der Waals surface area contributed by atoms with Crippen LogP contribution in [0.15, 0.2) is 18.3 Å². The zero-order chi connectivity index (χ0) is 13.2. The molecule has 1 unspecified atom stereocenters. The van der Waals surface area contributed by atoms with E-state index >= 15 is 0 Å². The van der Waals surface area contributed by atoms with E-state index in [4.69, 9.17) is 18.0 Å². The first kappa shape index (κ1) is 12.8. The second-order valence-corrected chi connectivity index (χ2v) is 5.84. The van der Waals surface area contributed by atoms with Crippen LogP contribution in [0.4, 0.5) is 5.82 Å². The number of hydrogen-bond donors (Lipinski definition) is 1. The van der Waals surface area contributed by atoms with Gasteiger partial charge in [0, 0.05) is 30.9 Å². The molecule has 0 bridgehead atoms. The average molecular weight is 276 g/mol. The van der Waals surface area contributed by atoms with Crippen molar-refractivity contribution in [3.63, 3.8) is 0 Å². The molecule has 0 saturated carbocycles. The molecule has 3 heterocycles. The zero-order valence-corrected chi connectivity index (χ0v) is 11.9. The first-order chi connectivity index (χ1) is 9.24. The van der Waals surface area contributed by atoms with Crippen molar-refractivity contribution in [2.24, 2.45) is 5.73 Å². The number of rotatable bonds is 3. The molecule has 1 aromatic heterocycles. The van der Waals surface area contributed by atoms with Gasteiger partial charge in [0.15, 0.2) is 0 Å². The average Bonchev–Trinajstić information content (AvgIpc) is 3.09. The summed E-state index contributed by atoms with van der Waals surface area (Å²) in [5, 5.41) is 0. The number of hydrogen-bond acceptors (Lipinski definition) is 4. The Morgan fingerprint density at radius 2 is 2.11 bits per heavy atom. The maximum Gasteiger partial charge on any atom is 0.129 e. The van der Waals surface area contributed by atoms with E-state index in [1.807, 2.05) is 12.1 Å². The molecule has 2 aliphatic heterocycles. The Labute approximate surface area is 119 Å². The molecule has 3 rings (SSSR count). The van der Waals surface area contributed by atoms with Crippen molar-refractivity contribution in [3.8, 4) is 0 Å². The van der Waals surface area contributed by atoms with Crippen LogP contribution in [0.25, 0.3) is 0 Å². The van der Waals surface area contributed by atoms with Crippen LogP contribution in [0, 0.1) is 0 Å². The van der Waals surface area contributed by atoms with Crippen LogP contribution >= 0.6 is 12.2 Å². The quantitative estimate of drug-likeness (QED) is 0.845. The van der Waals surface area contributed by atoms with Gasteiger partial charge in [0.05, 0.1) is 0 Å². The third-order valence-electron chi connectivity index (χ3n) is 4.17. The van der Waals surface area contributed by atoms with Gasteiger partial charge in [0.2, 0.25) is 0 Å². The van der Waals surface area contributed by atoms with Crippen molar-refractivity contribution in [1.29, 1.82) is 0 Å². The van der Waals surface area contributed by atoms with Crippen molar-refractivity contribution in [1.82, 2.24) is 9.88 Å². The molecule has 1 aromatic rings. The number of pyridine rings is 1. The molecule has 1 atom stereocenters. The van der Waals surface area contributed by atoms with Gasteiger partial charge in [-0.3, -0.25) is 4.90 Å². The first-order valence-corrected chi connectivity index (χ1v) is 7.40. The lowest BCUT2D eigenvalue weighted by molar-refractivity contribution is 0.260. The molecule has 0 aliphatic carbocycles. The number of nitrogens with zero attached hydrogens (tertiary/aromatic N) is 3. The van der Waals surface area contributed by atoms with E-state index in [0.29, 0.717) is 11.0 Å². The van der Waals surface area contributed by atoms with E-state index in [2.05, 4.69) is 14.8 Å². The third kappa shape index (κ3) is 2.72. The number of thiocarbonyl (C=S) groups is 1. The van der Waals surface area contributed by atoms with E-state index in [9.17, 15) is 0 Å². The molecule has 0 radical (unpaired) electrons. The van der Waals surface area contributed by atoms with Crippen molar-refractivity contribution in [2.75, 3.05) is 31.1 Å². The molecule has 5 heteroatoms. The summed E-state index contributed by atoms with van der Waals surface area (Å²) in [7, 11) is 0. The van der Waals surface area contributed by atoms with Crippen LogP contribution in [-0.2, 0) is 0 Å². The molecular weight excluding hydrogens is 256 g/mol. The largest absolute Gasteiger partial charge is 0.389 e. The monoisotopic (exact) mass is 276 g/mol. The summed E-state index contributed by atoms with van der Waals surface area (Å²) in [5.41, 5.74) is 6.59. The SMILES string of the molecule is NC(=S)c1ccnc(N2CCC(N3CCCC3)C2)c1. The lowest BCUT2D eigenvalue weighted by atomic mass is 10.2. The summed E-state index contributed by atoms with van der Waals surface area (Å²) in [4.78, 5) is 9.87.